The standard InChI is InChI=1S/C14H19N3O/c1-2-17-13-8-4-3-7-12(13)16-14(17)18-11-6-5-9-15-10-11/h3-4,7-8,11,15H,2,5-6,9-10H2,1H3. The molecular weight excluding hydrogens is 226 g/mol. The number of ether oxygens (including phenoxy) is 1. The Morgan fingerprint density at radius 3 is 3.11 bits per heavy atom. The Kier molecular flexibility index (Phi) is 3.19. The van der Waals surface area contributed by atoms with Crippen LogP contribution in [0, 0.1) is 0 Å². The summed E-state index contributed by atoms with van der Waals surface area (Å²) >= 11 is 0. The molecule has 1 saturated heterocycles. The first-order valence-electron chi connectivity index (χ1n) is 6.71. The summed E-state index contributed by atoms with van der Waals surface area (Å²) in [6.45, 7) is 5.03. The first-order chi connectivity index (χ1) is 8.88. The molecule has 2 heterocycles. The Hall–Kier alpha value is -1.55. The first-order valence-corrected chi connectivity index (χ1v) is 6.71. The smallest absolute Gasteiger partial charge is 0.297 e. The zero-order chi connectivity index (χ0) is 12.4. The minimum absolute atomic E-state index is 0.251. The Bertz CT molecular complexity index is 529. The maximum absolute atomic E-state index is 6.05. The van der Waals surface area contributed by atoms with Crippen molar-refractivity contribution in [2.75, 3.05) is 13.1 Å². The molecule has 1 atom stereocenters. The molecule has 96 valence electrons. The lowest BCUT2D eigenvalue weighted by Gasteiger charge is -2.23. The summed E-state index contributed by atoms with van der Waals surface area (Å²) in [5.74, 6) is 0. The molecule has 1 aromatic carbocycles. The van der Waals surface area contributed by atoms with Crippen LogP contribution in [0.15, 0.2) is 24.3 Å². The monoisotopic (exact) mass is 245 g/mol. The Morgan fingerprint density at radius 2 is 2.33 bits per heavy atom. The summed E-state index contributed by atoms with van der Waals surface area (Å²) < 4.78 is 8.19. The van der Waals surface area contributed by atoms with Gasteiger partial charge < -0.3 is 10.1 Å². The average Bonchev–Trinajstić information content (AvgIpc) is 2.77. The van der Waals surface area contributed by atoms with Crippen molar-refractivity contribution in [1.82, 2.24) is 14.9 Å². The highest BCUT2D eigenvalue weighted by Gasteiger charge is 2.18. The van der Waals surface area contributed by atoms with Crippen LogP contribution < -0.4 is 10.1 Å². The maximum atomic E-state index is 6.05. The number of rotatable bonds is 3. The van der Waals surface area contributed by atoms with Crippen LogP contribution in [0.4, 0.5) is 0 Å². The van der Waals surface area contributed by atoms with Crippen LogP contribution in [0.1, 0.15) is 19.8 Å². The van der Waals surface area contributed by atoms with E-state index in [2.05, 4.69) is 27.9 Å². The molecule has 0 bridgehead atoms. The second kappa shape index (κ2) is 4.98. The van der Waals surface area contributed by atoms with E-state index in [4.69, 9.17) is 4.74 Å². The highest BCUT2D eigenvalue weighted by Crippen LogP contribution is 2.22. The fourth-order valence-electron chi connectivity index (χ4n) is 2.52. The summed E-state index contributed by atoms with van der Waals surface area (Å²) in [4.78, 5) is 4.59. The van der Waals surface area contributed by atoms with E-state index in [0.29, 0.717) is 0 Å². The predicted octanol–water partition coefficient (Wildman–Crippen LogP) is 2.19. The van der Waals surface area contributed by atoms with Gasteiger partial charge in [0, 0.05) is 13.1 Å². The third-order valence-electron chi connectivity index (χ3n) is 3.46. The molecule has 4 heteroatoms. The number of para-hydroxylation sites is 2. The van der Waals surface area contributed by atoms with Crippen LogP contribution in [0.5, 0.6) is 6.01 Å². The zero-order valence-electron chi connectivity index (χ0n) is 10.7. The summed E-state index contributed by atoms with van der Waals surface area (Å²) in [5.41, 5.74) is 2.16. The Balaban J connectivity index is 1.90. The van der Waals surface area contributed by atoms with E-state index in [-0.39, 0.29) is 6.10 Å². The number of piperidine rings is 1. The molecule has 1 N–H and O–H groups in total. The quantitative estimate of drug-likeness (QED) is 0.901. The number of nitrogens with one attached hydrogen (secondary N) is 1. The van der Waals surface area contributed by atoms with Gasteiger partial charge in [-0.15, -0.1) is 0 Å². The SMILES string of the molecule is CCn1c(OC2CCCNC2)nc2ccccc21. The van der Waals surface area contributed by atoms with Gasteiger partial charge in [-0.2, -0.15) is 4.98 Å². The van der Waals surface area contributed by atoms with Crippen LogP contribution in [0.3, 0.4) is 0 Å². The van der Waals surface area contributed by atoms with Crippen molar-refractivity contribution in [1.29, 1.82) is 0 Å². The van der Waals surface area contributed by atoms with Gasteiger partial charge in [0.25, 0.3) is 6.01 Å². The van der Waals surface area contributed by atoms with Gasteiger partial charge in [-0.3, -0.25) is 4.57 Å². The molecule has 1 fully saturated rings. The lowest BCUT2D eigenvalue weighted by molar-refractivity contribution is 0.148. The van der Waals surface area contributed by atoms with Gasteiger partial charge in [0.2, 0.25) is 0 Å². The van der Waals surface area contributed by atoms with Gasteiger partial charge in [-0.1, -0.05) is 12.1 Å². The molecule has 1 aliphatic heterocycles. The molecular formula is C14H19N3O. The predicted molar refractivity (Wildman–Crippen MR) is 71.9 cm³/mol. The van der Waals surface area contributed by atoms with Crippen LogP contribution >= 0.6 is 0 Å². The normalized spacial score (nSPS) is 20.2. The molecule has 0 spiro atoms. The minimum Gasteiger partial charge on any atom is -0.460 e. The molecule has 1 aliphatic rings. The van der Waals surface area contributed by atoms with Crippen molar-refractivity contribution >= 4 is 11.0 Å². The van der Waals surface area contributed by atoms with Gasteiger partial charge in [-0.25, -0.2) is 0 Å². The van der Waals surface area contributed by atoms with Crippen molar-refractivity contribution < 1.29 is 4.74 Å². The van der Waals surface area contributed by atoms with Gasteiger partial charge in [0.15, 0.2) is 0 Å². The number of nitrogens with zero attached hydrogens (tertiary/aromatic N) is 2. The van der Waals surface area contributed by atoms with Gasteiger partial charge in [0.1, 0.15) is 6.10 Å². The Morgan fingerprint density at radius 1 is 1.44 bits per heavy atom. The molecule has 1 aromatic heterocycles. The highest BCUT2D eigenvalue weighted by atomic mass is 16.5. The van der Waals surface area contributed by atoms with Crippen molar-refractivity contribution in [3.05, 3.63) is 24.3 Å². The molecule has 0 aliphatic carbocycles. The summed E-state index contributed by atoms with van der Waals surface area (Å²) in [6, 6.07) is 8.95. The fraction of sp³-hybridized carbons (Fsp3) is 0.500. The maximum Gasteiger partial charge on any atom is 0.297 e. The van der Waals surface area contributed by atoms with Crippen LogP contribution in [-0.2, 0) is 6.54 Å². The molecule has 0 amide bonds. The third-order valence-corrected chi connectivity index (χ3v) is 3.46. The second-order valence-corrected chi connectivity index (χ2v) is 4.71. The van der Waals surface area contributed by atoms with Crippen molar-refractivity contribution in [2.45, 2.75) is 32.4 Å². The third kappa shape index (κ3) is 2.08. The molecule has 0 saturated carbocycles. The van der Waals surface area contributed by atoms with E-state index in [0.717, 1.165) is 43.1 Å². The topological polar surface area (TPSA) is 39.1 Å². The van der Waals surface area contributed by atoms with Crippen molar-refractivity contribution in [3.8, 4) is 6.01 Å². The Labute approximate surface area is 107 Å². The number of aryl methyl sites for hydroxylation is 1. The number of hydrogen-bond acceptors (Lipinski definition) is 3. The lowest BCUT2D eigenvalue weighted by atomic mass is 10.1. The number of aromatic nitrogens is 2. The van der Waals surface area contributed by atoms with E-state index in [1.54, 1.807) is 0 Å². The number of benzene rings is 1. The molecule has 2 aromatic rings. The van der Waals surface area contributed by atoms with Crippen LogP contribution in [0.2, 0.25) is 0 Å². The van der Waals surface area contributed by atoms with Crippen molar-refractivity contribution in [3.63, 3.8) is 0 Å². The van der Waals surface area contributed by atoms with E-state index in [1.165, 1.54) is 6.42 Å². The molecule has 0 radical (unpaired) electrons. The molecule has 3 rings (SSSR count). The molecule has 1 unspecified atom stereocenters. The second-order valence-electron chi connectivity index (χ2n) is 4.71. The number of fused-ring (bicyclic) bond motifs is 1. The van der Waals surface area contributed by atoms with Gasteiger partial charge in [0.05, 0.1) is 11.0 Å². The lowest BCUT2D eigenvalue weighted by Crippen LogP contribution is -2.37. The van der Waals surface area contributed by atoms with E-state index >= 15 is 0 Å². The highest BCUT2D eigenvalue weighted by molar-refractivity contribution is 5.76. The van der Waals surface area contributed by atoms with Crippen LogP contribution in [-0.4, -0.2) is 28.7 Å². The summed E-state index contributed by atoms with van der Waals surface area (Å²) in [5, 5.41) is 3.36. The summed E-state index contributed by atoms with van der Waals surface area (Å²) in [6.07, 6.45) is 2.54. The van der Waals surface area contributed by atoms with E-state index in [1.807, 2.05) is 18.2 Å². The number of hydrogen-bond donors (Lipinski definition) is 1. The molecule has 4 nitrogen and oxygen atoms in total. The summed E-state index contributed by atoms with van der Waals surface area (Å²) in [7, 11) is 0. The first kappa shape index (κ1) is 11.5. The minimum atomic E-state index is 0.251. The average molecular weight is 245 g/mol. The van der Waals surface area contributed by atoms with Crippen molar-refractivity contribution in [2.24, 2.45) is 0 Å². The van der Waals surface area contributed by atoms with E-state index < -0.39 is 0 Å². The molecule has 18 heavy (non-hydrogen) atoms. The van der Waals surface area contributed by atoms with Gasteiger partial charge >= 0.3 is 0 Å². The zero-order valence-corrected chi connectivity index (χ0v) is 10.7. The fourth-order valence-corrected chi connectivity index (χ4v) is 2.52. The van der Waals surface area contributed by atoms with Gasteiger partial charge in [-0.05, 0) is 38.4 Å². The largest absolute Gasteiger partial charge is 0.460 e. The number of imidazole rings is 1. The van der Waals surface area contributed by atoms with Crippen LogP contribution in [0.25, 0.3) is 11.0 Å². The van der Waals surface area contributed by atoms with E-state index in [9.17, 15) is 0 Å².